The van der Waals surface area contributed by atoms with Gasteiger partial charge >= 0.3 is 5.97 Å². The van der Waals surface area contributed by atoms with Gasteiger partial charge in [0.25, 0.3) is 0 Å². The smallest absolute Gasteiger partial charge is 0.331 e. The molecule has 2 aromatic rings. The molecule has 5 atom stereocenters. The number of hydrogen-bond acceptors (Lipinski definition) is 11. The highest BCUT2D eigenvalue weighted by Gasteiger charge is 2.47. The highest BCUT2D eigenvalue weighted by Crippen LogP contribution is 2.28. The van der Waals surface area contributed by atoms with Gasteiger partial charge in [0.05, 0.1) is 20.3 Å². The molecule has 11 nitrogen and oxygen atoms in total. The van der Waals surface area contributed by atoms with E-state index >= 15 is 0 Å². The van der Waals surface area contributed by atoms with Crippen LogP contribution in [0.4, 0.5) is 0 Å². The van der Waals surface area contributed by atoms with E-state index in [9.17, 15) is 35.4 Å². The van der Waals surface area contributed by atoms with Crippen molar-refractivity contribution in [3.05, 3.63) is 53.6 Å². The predicted molar refractivity (Wildman–Crippen MR) is 121 cm³/mol. The van der Waals surface area contributed by atoms with Crippen LogP contribution in [0.2, 0.25) is 0 Å². The minimum atomic E-state index is -1.60. The first-order valence-corrected chi connectivity index (χ1v) is 10.7. The number of carbonyl (C=O) groups excluding carboxylic acids is 1. The Labute approximate surface area is 201 Å². The Hall–Kier alpha value is -3.35. The highest BCUT2D eigenvalue weighted by atomic mass is 16.7. The average molecular weight is 492 g/mol. The summed E-state index contributed by atoms with van der Waals surface area (Å²) < 4.78 is 21.4. The van der Waals surface area contributed by atoms with Gasteiger partial charge in [0.2, 0.25) is 0 Å². The second-order valence-corrected chi connectivity index (χ2v) is 7.82. The molecule has 0 amide bonds. The quantitative estimate of drug-likeness (QED) is 0.163. The van der Waals surface area contributed by atoms with Crippen LogP contribution in [0.5, 0.6) is 23.0 Å². The van der Waals surface area contributed by atoms with Crippen molar-refractivity contribution in [2.24, 2.45) is 0 Å². The molecular formula is C24H28O11. The van der Waals surface area contributed by atoms with Gasteiger partial charge in [-0.3, -0.25) is 0 Å². The lowest BCUT2D eigenvalue weighted by Crippen LogP contribution is -2.60. The third-order valence-corrected chi connectivity index (χ3v) is 5.41. The van der Waals surface area contributed by atoms with Gasteiger partial charge in [0.1, 0.15) is 18.3 Å². The van der Waals surface area contributed by atoms with Crippen LogP contribution in [0.25, 0.3) is 6.08 Å². The standard InChI is InChI=1S/C24H28O11/c1-32-18-11-13(3-6-16(18)27)4-7-20(29)35-23-22(31)21(30)19(12-25)34-24(23)33-9-8-14-2-5-15(26)17(28)10-14/h2-7,10-11,19,21-28,30-31H,8-9,12H2,1H3/b7-4+/t19-,21-,22+,23-,24-/m1/s1. The third kappa shape index (κ3) is 6.62. The maximum atomic E-state index is 12.4. The summed E-state index contributed by atoms with van der Waals surface area (Å²) in [7, 11) is 1.39. The zero-order valence-electron chi connectivity index (χ0n) is 18.9. The number of benzene rings is 2. The lowest BCUT2D eigenvalue weighted by atomic mass is 9.99. The van der Waals surface area contributed by atoms with Crippen LogP contribution in [0.15, 0.2) is 42.5 Å². The van der Waals surface area contributed by atoms with E-state index in [4.69, 9.17) is 18.9 Å². The Morgan fingerprint density at radius 1 is 1.03 bits per heavy atom. The summed E-state index contributed by atoms with van der Waals surface area (Å²) in [5, 5.41) is 58.8. The van der Waals surface area contributed by atoms with E-state index in [1.807, 2.05) is 0 Å². The molecule has 0 unspecified atom stereocenters. The molecule has 1 aliphatic rings. The number of phenols is 3. The van der Waals surface area contributed by atoms with E-state index in [0.717, 1.165) is 6.08 Å². The molecule has 0 bridgehead atoms. The number of aromatic hydroxyl groups is 3. The van der Waals surface area contributed by atoms with Crippen molar-refractivity contribution in [2.75, 3.05) is 20.3 Å². The van der Waals surface area contributed by atoms with Gasteiger partial charge in [-0.2, -0.15) is 0 Å². The summed E-state index contributed by atoms with van der Waals surface area (Å²) in [6, 6.07) is 8.70. The van der Waals surface area contributed by atoms with Gasteiger partial charge in [-0.1, -0.05) is 12.1 Å². The van der Waals surface area contributed by atoms with E-state index in [0.29, 0.717) is 11.1 Å². The van der Waals surface area contributed by atoms with E-state index in [1.165, 1.54) is 37.5 Å². The molecule has 1 fully saturated rings. The Morgan fingerprint density at radius 3 is 2.46 bits per heavy atom. The third-order valence-electron chi connectivity index (χ3n) is 5.41. The van der Waals surface area contributed by atoms with E-state index in [1.54, 1.807) is 12.1 Å². The van der Waals surface area contributed by atoms with E-state index in [2.05, 4.69) is 0 Å². The minimum absolute atomic E-state index is 0.00698. The number of aliphatic hydroxyl groups excluding tert-OH is 3. The fourth-order valence-electron chi connectivity index (χ4n) is 3.47. The normalized spacial score (nSPS) is 24.4. The van der Waals surface area contributed by atoms with Gasteiger partial charge in [0, 0.05) is 6.08 Å². The average Bonchev–Trinajstić information content (AvgIpc) is 2.85. The Kier molecular flexibility index (Phi) is 8.90. The van der Waals surface area contributed by atoms with E-state index < -0.39 is 43.3 Å². The second kappa shape index (κ2) is 11.9. The zero-order chi connectivity index (χ0) is 25.5. The molecule has 35 heavy (non-hydrogen) atoms. The van der Waals surface area contributed by atoms with Crippen LogP contribution in [0.3, 0.4) is 0 Å². The van der Waals surface area contributed by atoms with Crippen molar-refractivity contribution in [2.45, 2.75) is 37.1 Å². The number of carbonyl (C=O) groups is 1. The molecule has 1 aliphatic heterocycles. The first kappa shape index (κ1) is 26.3. The van der Waals surface area contributed by atoms with Gasteiger partial charge in [0.15, 0.2) is 35.4 Å². The van der Waals surface area contributed by atoms with Crippen LogP contribution in [-0.4, -0.2) is 87.6 Å². The summed E-state index contributed by atoms with van der Waals surface area (Å²) in [5.41, 5.74) is 1.17. The molecule has 1 saturated heterocycles. The number of esters is 1. The van der Waals surface area contributed by atoms with Gasteiger partial charge in [-0.25, -0.2) is 4.79 Å². The summed E-state index contributed by atoms with van der Waals surface area (Å²) >= 11 is 0. The van der Waals surface area contributed by atoms with Crippen molar-refractivity contribution in [3.8, 4) is 23.0 Å². The molecule has 2 aromatic carbocycles. The zero-order valence-corrected chi connectivity index (χ0v) is 18.9. The first-order valence-electron chi connectivity index (χ1n) is 10.7. The van der Waals surface area contributed by atoms with Crippen molar-refractivity contribution in [1.82, 2.24) is 0 Å². The fraction of sp³-hybridized carbons (Fsp3) is 0.375. The molecule has 11 heteroatoms. The lowest BCUT2D eigenvalue weighted by Gasteiger charge is -2.41. The SMILES string of the molecule is COc1cc(/C=C/C(=O)O[C@H]2[C@H](OCCc3ccc(O)c(O)c3)O[C@H](CO)[C@@H](O)[C@@H]2O)ccc1O. The van der Waals surface area contributed by atoms with Crippen LogP contribution in [0.1, 0.15) is 11.1 Å². The largest absolute Gasteiger partial charge is 0.504 e. The molecule has 6 N–H and O–H groups in total. The summed E-state index contributed by atoms with van der Waals surface area (Å²) in [6.07, 6.45) is -4.25. The first-order chi connectivity index (χ1) is 16.7. The van der Waals surface area contributed by atoms with Crippen LogP contribution in [0, 0.1) is 0 Å². The Morgan fingerprint density at radius 2 is 1.77 bits per heavy atom. The molecule has 1 heterocycles. The summed E-state index contributed by atoms with van der Waals surface area (Å²) in [6.45, 7) is -0.597. The number of phenolic OH excluding ortho intramolecular Hbond substituents is 3. The molecule has 0 aromatic heterocycles. The van der Waals surface area contributed by atoms with Crippen LogP contribution >= 0.6 is 0 Å². The number of rotatable bonds is 9. The van der Waals surface area contributed by atoms with Crippen molar-refractivity contribution in [3.63, 3.8) is 0 Å². The topological polar surface area (TPSA) is 175 Å². The van der Waals surface area contributed by atoms with Gasteiger partial charge in [-0.05, 0) is 47.9 Å². The number of methoxy groups -OCH3 is 1. The van der Waals surface area contributed by atoms with E-state index in [-0.39, 0.29) is 36.0 Å². The highest BCUT2D eigenvalue weighted by molar-refractivity contribution is 5.87. The van der Waals surface area contributed by atoms with Crippen LogP contribution in [-0.2, 0) is 25.4 Å². The molecule has 190 valence electrons. The number of hydrogen-bond donors (Lipinski definition) is 6. The van der Waals surface area contributed by atoms with Crippen molar-refractivity contribution >= 4 is 12.0 Å². The van der Waals surface area contributed by atoms with Crippen molar-refractivity contribution in [1.29, 1.82) is 0 Å². The maximum absolute atomic E-state index is 12.4. The molecule has 0 spiro atoms. The Bertz CT molecular complexity index is 1040. The van der Waals surface area contributed by atoms with Crippen molar-refractivity contribution < 1.29 is 54.4 Å². The number of ether oxygens (including phenoxy) is 4. The fourth-order valence-corrected chi connectivity index (χ4v) is 3.47. The monoisotopic (exact) mass is 492 g/mol. The number of aliphatic hydroxyl groups is 3. The lowest BCUT2D eigenvalue weighted by molar-refractivity contribution is -0.303. The summed E-state index contributed by atoms with van der Waals surface area (Å²) in [4.78, 5) is 12.4. The molecule has 0 radical (unpaired) electrons. The molecule has 0 aliphatic carbocycles. The molecular weight excluding hydrogens is 464 g/mol. The molecule has 3 rings (SSSR count). The summed E-state index contributed by atoms with van der Waals surface area (Å²) in [5.74, 6) is -1.27. The second-order valence-electron chi connectivity index (χ2n) is 7.82. The van der Waals surface area contributed by atoms with Crippen LogP contribution < -0.4 is 4.74 Å². The van der Waals surface area contributed by atoms with Gasteiger partial charge in [-0.15, -0.1) is 0 Å². The predicted octanol–water partition coefficient (Wildman–Crippen LogP) is 0.435. The molecule has 0 saturated carbocycles. The minimum Gasteiger partial charge on any atom is -0.504 e. The van der Waals surface area contributed by atoms with Gasteiger partial charge < -0.3 is 49.6 Å². The maximum Gasteiger partial charge on any atom is 0.331 e. The Balaban J connectivity index is 1.67.